The summed E-state index contributed by atoms with van der Waals surface area (Å²) in [5.74, 6) is 0. The van der Waals surface area contributed by atoms with Gasteiger partial charge >= 0.3 is 6.18 Å². The summed E-state index contributed by atoms with van der Waals surface area (Å²) in [6, 6.07) is 6.20. The molecule has 1 aromatic rings. The lowest BCUT2D eigenvalue weighted by atomic mass is 10.1. The smallest absolute Gasteiger partial charge is 0.379 e. The van der Waals surface area contributed by atoms with Crippen LogP contribution in [0.5, 0.6) is 0 Å². The number of ether oxygens (including phenoxy) is 1. The van der Waals surface area contributed by atoms with E-state index in [9.17, 15) is 13.2 Å². The van der Waals surface area contributed by atoms with Gasteiger partial charge in [-0.3, -0.25) is 0 Å². The number of hydrogen-bond donors (Lipinski definition) is 1. The van der Waals surface area contributed by atoms with Gasteiger partial charge in [-0.25, -0.2) is 10.4 Å². The van der Waals surface area contributed by atoms with Gasteiger partial charge in [0.25, 0.3) is 0 Å². The highest BCUT2D eigenvalue weighted by molar-refractivity contribution is 5.20. The Hall–Kier alpha value is -1.11. The molecule has 0 aromatic heterocycles. The molecule has 1 heterocycles. The Morgan fingerprint density at radius 1 is 1.11 bits per heavy atom. The SMILES string of the molecule is FC(F)(F)C(NN1CCOCC1)c1ccccc1. The van der Waals surface area contributed by atoms with Gasteiger partial charge < -0.3 is 4.74 Å². The summed E-state index contributed by atoms with van der Waals surface area (Å²) in [6.07, 6.45) is -4.32. The van der Waals surface area contributed by atoms with E-state index in [1.165, 1.54) is 12.1 Å². The quantitative estimate of drug-likeness (QED) is 0.901. The summed E-state index contributed by atoms with van der Waals surface area (Å²) in [7, 11) is 0. The van der Waals surface area contributed by atoms with Crippen LogP contribution in [0.15, 0.2) is 30.3 Å². The maximum Gasteiger partial charge on any atom is 0.409 e. The summed E-state index contributed by atoms with van der Waals surface area (Å²) in [4.78, 5) is 0. The Bertz CT molecular complexity index is 363. The molecular formula is C12H15F3N2O. The molecule has 6 heteroatoms. The first-order valence-electron chi connectivity index (χ1n) is 5.78. The van der Waals surface area contributed by atoms with Crippen molar-refractivity contribution in [1.82, 2.24) is 10.4 Å². The van der Waals surface area contributed by atoms with Crippen LogP contribution < -0.4 is 5.43 Å². The molecule has 0 bridgehead atoms. The molecule has 1 aromatic carbocycles. The summed E-state index contributed by atoms with van der Waals surface area (Å²) in [6.45, 7) is 1.82. The van der Waals surface area contributed by atoms with Crippen molar-refractivity contribution in [3.63, 3.8) is 0 Å². The molecule has 0 amide bonds. The number of hydrogen-bond acceptors (Lipinski definition) is 3. The molecule has 18 heavy (non-hydrogen) atoms. The third kappa shape index (κ3) is 3.44. The fourth-order valence-corrected chi connectivity index (χ4v) is 1.86. The highest BCUT2D eigenvalue weighted by Crippen LogP contribution is 2.32. The second-order valence-corrected chi connectivity index (χ2v) is 4.11. The van der Waals surface area contributed by atoms with Gasteiger partial charge in [0, 0.05) is 13.1 Å². The third-order valence-electron chi connectivity index (χ3n) is 2.78. The molecule has 0 aliphatic carbocycles. The number of alkyl halides is 3. The largest absolute Gasteiger partial charge is 0.409 e. The van der Waals surface area contributed by atoms with Crippen molar-refractivity contribution < 1.29 is 17.9 Å². The van der Waals surface area contributed by atoms with Gasteiger partial charge in [-0.05, 0) is 5.56 Å². The predicted molar refractivity (Wildman–Crippen MR) is 60.8 cm³/mol. The summed E-state index contributed by atoms with van der Waals surface area (Å²) in [5.41, 5.74) is 2.76. The van der Waals surface area contributed by atoms with Crippen LogP contribution in [0.4, 0.5) is 13.2 Å². The van der Waals surface area contributed by atoms with E-state index < -0.39 is 12.2 Å². The fourth-order valence-electron chi connectivity index (χ4n) is 1.86. The van der Waals surface area contributed by atoms with Crippen molar-refractivity contribution in [1.29, 1.82) is 0 Å². The first-order chi connectivity index (χ1) is 8.57. The number of nitrogens with one attached hydrogen (secondary N) is 1. The van der Waals surface area contributed by atoms with Crippen molar-refractivity contribution >= 4 is 0 Å². The molecule has 1 N–H and O–H groups in total. The monoisotopic (exact) mass is 260 g/mol. The molecule has 3 nitrogen and oxygen atoms in total. The lowest BCUT2D eigenvalue weighted by Gasteiger charge is -2.32. The van der Waals surface area contributed by atoms with Gasteiger partial charge in [-0.1, -0.05) is 30.3 Å². The molecule has 1 aliphatic rings. The second-order valence-electron chi connectivity index (χ2n) is 4.11. The number of halogens is 3. The van der Waals surface area contributed by atoms with Crippen LogP contribution in [0.1, 0.15) is 11.6 Å². The molecule has 0 spiro atoms. The number of nitrogens with zero attached hydrogens (tertiary/aromatic N) is 1. The maximum absolute atomic E-state index is 13.0. The topological polar surface area (TPSA) is 24.5 Å². The average Bonchev–Trinajstić information content (AvgIpc) is 2.37. The molecule has 2 rings (SSSR count). The molecule has 0 saturated carbocycles. The van der Waals surface area contributed by atoms with E-state index in [4.69, 9.17) is 4.74 Å². The van der Waals surface area contributed by atoms with Gasteiger partial charge in [0.15, 0.2) is 0 Å². The van der Waals surface area contributed by atoms with Gasteiger partial charge in [0.1, 0.15) is 6.04 Å². The Labute approximate surface area is 104 Å². The van der Waals surface area contributed by atoms with E-state index in [-0.39, 0.29) is 5.56 Å². The van der Waals surface area contributed by atoms with Crippen LogP contribution in [0.3, 0.4) is 0 Å². The van der Waals surface area contributed by atoms with E-state index >= 15 is 0 Å². The molecule has 100 valence electrons. The molecule has 1 unspecified atom stereocenters. The van der Waals surface area contributed by atoms with E-state index in [2.05, 4.69) is 5.43 Å². The zero-order chi connectivity index (χ0) is 13.0. The minimum atomic E-state index is -4.32. The lowest BCUT2D eigenvalue weighted by Crippen LogP contribution is -2.50. The first kappa shape index (κ1) is 13.3. The van der Waals surface area contributed by atoms with E-state index in [0.717, 1.165) is 0 Å². The highest BCUT2D eigenvalue weighted by atomic mass is 19.4. The van der Waals surface area contributed by atoms with Crippen LogP contribution in [-0.2, 0) is 4.74 Å². The number of rotatable bonds is 3. The zero-order valence-electron chi connectivity index (χ0n) is 9.78. The van der Waals surface area contributed by atoms with Gasteiger partial charge in [0.2, 0.25) is 0 Å². The molecule has 0 radical (unpaired) electrons. The predicted octanol–water partition coefficient (Wildman–Crippen LogP) is 2.13. The minimum absolute atomic E-state index is 0.219. The van der Waals surface area contributed by atoms with Crippen molar-refractivity contribution in [2.75, 3.05) is 26.3 Å². The van der Waals surface area contributed by atoms with Crippen LogP contribution in [-0.4, -0.2) is 37.5 Å². The van der Waals surface area contributed by atoms with Crippen molar-refractivity contribution in [3.05, 3.63) is 35.9 Å². The maximum atomic E-state index is 13.0. The Balaban J connectivity index is 2.11. The Morgan fingerprint density at radius 2 is 1.72 bits per heavy atom. The highest BCUT2D eigenvalue weighted by Gasteiger charge is 2.41. The molecule has 1 fully saturated rings. The number of hydrazine groups is 1. The summed E-state index contributed by atoms with van der Waals surface area (Å²) >= 11 is 0. The fraction of sp³-hybridized carbons (Fsp3) is 0.500. The summed E-state index contributed by atoms with van der Waals surface area (Å²) in [5, 5.41) is 1.56. The van der Waals surface area contributed by atoms with Crippen LogP contribution in [0.25, 0.3) is 0 Å². The van der Waals surface area contributed by atoms with Crippen molar-refractivity contribution in [2.45, 2.75) is 12.2 Å². The zero-order valence-corrected chi connectivity index (χ0v) is 9.78. The minimum Gasteiger partial charge on any atom is -0.379 e. The molecule has 1 saturated heterocycles. The van der Waals surface area contributed by atoms with E-state index in [0.29, 0.717) is 26.3 Å². The Kier molecular flexibility index (Phi) is 4.21. The lowest BCUT2D eigenvalue weighted by molar-refractivity contribution is -0.174. The van der Waals surface area contributed by atoms with Crippen LogP contribution in [0, 0.1) is 0 Å². The van der Waals surface area contributed by atoms with Crippen LogP contribution >= 0.6 is 0 Å². The molecule has 1 atom stereocenters. The first-order valence-corrected chi connectivity index (χ1v) is 5.78. The normalized spacial score (nSPS) is 19.7. The van der Waals surface area contributed by atoms with E-state index in [1.54, 1.807) is 23.2 Å². The average molecular weight is 260 g/mol. The summed E-state index contributed by atoms with van der Waals surface area (Å²) < 4.78 is 44.2. The second kappa shape index (κ2) is 5.69. The van der Waals surface area contributed by atoms with Gasteiger partial charge in [-0.2, -0.15) is 13.2 Å². The van der Waals surface area contributed by atoms with Crippen LogP contribution in [0.2, 0.25) is 0 Å². The molecule has 1 aliphatic heterocycles. The van der Waals surface area contributed by atoms with Gasteiger partial charge in [-0.15, -0.1) is 0 Å². The van der Waals surface area contributed by atoms with E-state index in [1.807, 2.05) is 0 Å². The van der Waals surface area contributed by atoms with Crippen molar-refractivity contribution in [2.24, 2.45) is 0 Å². The standard InChI is InChI=1S/C12H15F3N2O/c13-12(14,15)11(10-4-2-1-3-5-10)16-17-6-8-18-9-7-17/h1-5,11,16H,6-9H2. The third-order valence-corrected chi connectivity index (χ3v) is 2.78. The van der Waals surface area contributed by atoms with Gasteiger partial charge in [0.05, 0.1) is 13.2 Å². The molecular weight excluding hydrogens is 245 g/mol. The Morgan fingerprint density at radius 3 is 2.28 bits per heavy atom. The number of morpholine rings is 1. The number of benzene rings is 1. The van der Waals surface area contributed by atoms with Crippen molar-refractivity contribution in [3.8, 4) is 0 Å².